The van der Waals surface area contributed by atoms with Crippen molar-refractivity contribution in [1.29, 1.82) is 0 Å². The number of imide groups is 1. The quantitative estimate of drug-likeness (QED) is 0.462. The van der Waals surface area contributed by atoms with Crippen molar-refractivity contribution >= 4 is 40.4 Å². The summed E-state index contributed by atoms with van der Waals surface area (Å²) in [6.45, 7) is 0.0585. The van der Waals surface area contributed by atoms with Gasteiger partial charge >= 0.3 is 0 Å². The molecular weight excluding hydrogens is 386 g/mol. The third kappa shape index (κ3) is 3.49. The van der Waals surface area contributed by atoms with Gasteiger partial charge < -0.3 is 14.8 Å². The maximum Gasteiger partial charge on any atom is 0.295 e. The number of fused-ring (bicyclic) bond motifs is 1. The molecule has 0 bridgehead atoms. The molecule has 0 aromatic heterocycles. The third-order valence-corrected chi connectivity index (χ3v) is 4.97. The molecule has 0 saturated carbocycles. The first-order chi connectivity index (χ1) is 13.5. The largest absolute Gasteiger partial charge is 0.454 e. The Hall–Kier alpha value is -3.53. The van der Waals surface area contributed by atoms with Crippen LogP contribution in [0.5, 0.6) is 11.5 Å². The van der Waals surface area contributed by atoms with Gasteiger partial charge in [0.2, 0.25) is 6.79 Å². The van der Waals surface area contributed by atoms with Crippen LogP contribution in [0.15, 0.2) is 47.4 Å². The van der Waals surface area contributed by atoms with Crippen LogP contribution in [0, 0.1) is 10.1 Å². The summed E-state index contributed by atoms with van der Waals surface area (Å²) in [6, 6.07) is 11.1. The molecule has 2 aliphatic rings. The predicted octanol–water partition coefficient (Wildman–Crippen LogP) is 3.43. The van der Waals surface area contributed by atoms with Crippen molar-refractivity contribution in [1.82, 2.24) is 4.90 Å². The maximum atomic E-state index is 12.6. The zero-order valence-corrected chi connectivity index (χ0v) is 15.1. The van der Waals surface area contributed by atoms with E-state index in [1.807, 2.05) is 0 Å². The van der Waals surface area contributed by atoms with Crippen molar-refractivity contribution in [2.75, 3.05) is 18.8 Å². The highest BCUT2D eigenvalue weighted by atomic mass is 32.2. The lowest BCUT2D eigenvalue weighted by atomic mass is 10.2. The second-order valence-electron chi connectivity index (χ2n) is 5.86. The van der Waals surface area contributed by atoms with Crippen molar-refractivity contribution in [2.24, 2.45) is 0 Å². The third-order valence-electron chi connectivity index (χ3n) is 4.07. The summed E-state index contributed by atoms with van der Waals surface area (Å²) in [4.78, 5) is 36.4. The highest BCUT2D eigenvalue weighted by molar-refractivity contribution is 8.18. The summed E-state index contributed by atoms with van der Waals surface area (Å²) in [6.07, 6.45) is 1.61. The molecule has 0 spiro atoms. The number of benzene rings is 2. The lowest BCUT2D eigenvalue weighted by molar-refractivity contribution is -0.384. The first kappa shape index (κ1) is 17.9. The number of nitrogens with one attached hydrogen (secondary N) is 1. The van der Waals surface area contributed by atoms with Crippen LogP contribution in [-0.4, -0.2) is 34.4 Å². The Labute approximate surface area is 163 Å². The zero-order chi connectivity index (χ0) is 19.7. The highest BCUT2D eigenvalue weighted by Gasteiger charge is 2.35. The Morgan fingerprint density at radius 2 is 2.00 bits per heavy atom. The van der Waals surface area contributed by atoms with Crippen molar-refractivity contribution in [3.05, 3.63) is 63.0 Å². The zero-order valence-electron chi connectivity index (χ0n) is 14.3. The van der Waals surface area contributed by atoms with Crippen LogP contribution in [0.4, 0.5) is 16.2 Å². The molecule has 2 aromatic carbocycles. The second kappa shape index (κ2) is 7.24. The Kier molecular flexibility index (Phi) is 4.62. The van der Waals surface area contributed by atoms with Gasteiger partial charge in [-0.25, -0.2) is 0 Å². The number of rotatable bonds is 5. The summed E-state index contributed by atoms with van der Waals surface area (Å²) < 4.78 is 10.6. The van der Waals surface area contributed by atoms with Crippen molar-refractivity contribution in [3.8, 4) is 11.5 Å². The van der Waals surface area contributed by atoms with E-state index in [0.29, 0.717) is 22.7 Å². The minimum atomic E-state index is -0.514. The average Bonchev–Trinajstić information content (AvgIpc) is 3.25. The van der Waals surface area contributed by atoms with Gasteiger partial charge in [-0.1, -0.05) is 12.1 Å². The molecule has 0 radical (unpaired) electrons. The fraction of sp³-hybridized carbons (Fsp3) is 0.111. The normalized spacial score (nSPS) is 16.7. The standard InChI is InChI=1S/C18H13N3O6S/c22-17-16(7-11-4-5-14-15(6-11)27-10-26-14)28-18(23)20(17)9-19-12-2-1-3-13(8-12)21(24)25/h1-8,19H,9-10H2. The average molecular weight is 399 g/mol. The number of hydrogen-bond donors (Lipinski definition) is 1. The smallest absolute Gasteiger partial charge is 0.295 e. The van der Waals surface area contributed by atoms with E-state index in [4.69, 9.17) is 9.47 Å². The number of non-ortho nitro benzene ring substituents is 1. The van der Waals surface area contributed by atoms with E-state index < -0.39 is 16.1 Å². The minimum Gasteiger partial charge on any atom is -0.454 e. The van der Waals surface area contributed by atoms with E-state index in [-0.39, 0.29) is 24.1 Å². The summed E-state index contributed by atoms with van der Waals surface area (Å²) in [5.41, 5.74) is 1.07. The summed E-state index contributed by atoms with van der Waals surface area (Å²) in [5.74, 6) is 0.775. The van der Waals surface area contributed by atoms with Gasteiger partial charge in [-0.15, -0.1) is 0 Å². The van der Waals surface area contributed by atoms with E-state index >= 15 is 0 Å². The summed E-state index contributed by atoms with van der Waals surface area (Å²) in [5, 5.41) is 13.3. The van der Waals surface area contributed by atoms with E-state index in [0.717, 1.165) is 16.7 Å². The number of nitro groups is 1. The van der Waals surface area contributed by atoms with Crippen LogP contribution in [0.3, 0.4) is 0 Å². The number of anilines is 1. The molecule has 0 unspecified atom stereocenters. The van der Waals surface area contributed by atoms with Gasteiger partial charge in [-0.2, -0.15) is 0 Å². The summed E-state index contributed by atoms with van der Waals surface area (Å²) in [7, 11) is 0. The minimum absolute atomic E-state index is 0.0816. The fourth-order valence-corrected chi connectivity index (χ4v) is 3.53. The number of thioether (sulfide) groups is 1. The van der Waals surface area contributed by atoms with E-state index in [1.165, 1.54) is 18.2 Å². The molecule has 1 fully saturated rings. The molecule has 2 heterocycles. The van der Waals surface area contributed by atoms with Crippen molar-refractivity contribution < 1.29 is 24.0 Å². The molecule has 0 atom stereocenters. The second-order valence-corrected chi connectivity index (χ2v) is 6.86. The van der Waals surface area contributed by atoms with Crippen LogP contribution in [0.2, 0.25) is 0 Å². The molecule has 142 valence electrons. The number of carbonyl (C=O) groups is 2. The number of nitrogens with zero attached hydrogens (tertiary/aromatic N) is 2. The Bertz CT molecular complexity index is 1020. The lowest BCUT2D eigenvalue weighted by Gasteiger charge is -2.14. The molecular formula is C18H13N3O6S. The number of nitro benzene ring substituents is 1. The van der Waals surface area contributed by atoms with Crippen LogP contribution in [-0.2, 0) is 4.79 Å². The number of hydrogen-bond acceptors (Lipinski definition) is 8. The molecule has 2 amide bonds. The molecule has 9 nitrogen and oxygen atoms in total. The van der Waals surface area contributed by atoms with Crippen LogP contribution < -0.4 is 14.8 Å². The van der Waals surface area contributed by atoms with Crippen molar-refractivity contribution in [2.45, 2.75) is 0 Å². The van der Waals surface area contributed by atoms with Gasteiger partial charge in [0.15, 0.2) is 11.5 Å². The Morgan fingerprint density at radius 3 is 2.82 bits per heavy atom. The number of amides is 2. The Balaban J connectivity index is 1.47. The first-order valence-corrected chi connectivity index (χ1v) is 8.96. The van der Waals surface area contributed by atoms with Gasteiger partial charge in [-0.05, 0) is 41.6 Å². The fourth-order valence-electron chi connectivity index (χ4n) is 2.69. The molecule has 1 saturated heterocycles. The van der Waals surface area contributed by atoms with Crippen LogP contribution in [0.25, 0.3) is 6.08 Å². The van der Waals surface area contributed by atoms with Gasteiger partial charge in [-0.3, -0.25) is 24.6 Å². The van der Waals surface area contributed by atoms with Crippen LogP contribution >= 0.6 is 11.8 Å². The van der Waals surface area contributed by atoms with Crippen molar-refractivity contribution in [3.63, 3.8) is 0 Å². The van der Waals surface area contributed by atoms with Gasteiger partial charge in [0.25, 0.3) is 16.8 Å². The first-order valence-electron chi connectivity index (χ1n) is 8.14. The van der Waals surface area contributed by atoms with Gasteiger partial charge in [0, 0.05) is 17.8 Å². The van der Waals surface area contributed by atoms with Crippen LogP contribution in [0.1, 0.15) is 5.56 Å². The molecule has 2 aromatic rings. The topological polar surface area (TPSA) is 111 Å². The number of ether oxygens (including phenoxy) is 2. The molecule has 2 aliphatic heterocycles. The van der Waals surface area contributed by atoms with Gasteiger partial charge in [0.1, 0.15) is 0 Å². The molecule has 1 N–H and O–H groups in total. The van der Waals surface area contributed by atoms with E-state index in [2.05, 4.69) is 5.32 Å². The molecule has 10 heteroatoms. The Morgan fingerprint density at radius 1 is 1.18 bits per heavy atom. The SMILES string of the molecule is O=C1SC(=Cc2ccc3c(c2)OCO3)C(=O)N1CNc1cccc([N+](=O)[O-])c1. The van der Waals surface area contributed by atoms with E-state index in [9.17, 15) is 19.7 Å². The van der Waals surface area contributed by atoms with Gasteiger partial charge in [0.05, 0.1) is 16.5 Å². The monoisotopic (exact) mass is 399 g/mol. The lowest BCUT2D eigenvalue weighted by Crippen LogP contribution is -2.33. The summed E-state index contributed by atoms with van der Waals surface area (Å²) >= 11 is 0.831. The molecule has 0 aliphatic carbocycles. The maximum absolute atomic E-state index is 12.6. The molecule has 4 rings (SSSR count). The predicted molar refractivity (Wildman–Crippen MR) is 102 cm³/mol. The molecule has 28 heavy (non-hydrogen) atoms. The number of carbonyl (C=O) groups excluding carboxylic acids is 2. The van der Waals surface area contributed by atoms with E-state index in [1.54, 1.807) is 30.3 Å². The highest BCUT2D eigenvalue weighted by Crippen LogP contribution is 2.36.